The molecule has 0 fully saturated rings. The van der Waals surface area contributed by atoms with Gasteiger partial charge in [0.1, 0.15) is 17.3 Å². The molecular weight excluding hydrogens is 234 g/mol. The predicted molar refractivity (Wildman–Crippen MR) is 63.6 cm³/mol. The SMILES string of the molecule is Cn1ccnc1CCOc1ccc(C(=O)O)nc1. The van der Waals surface area contributed by atoms with Crippen LogP contribution in [0.1, 0.15) is 16.3 Å². The second-order valence-electron chi connectivity index (χ2n) is 3.74. The van der Waals surface area contributed by atoms with Gasteiger partial charge in [-0.25, -0.2) is 14.8 Å². The average Bonchev–Trinajstić information content (AvgIpc) is 2.76. The Labute approximate surface area is 104 Å². The van der Waals surface area contributed by atoms with Crippen molar-refractivity contribution in [3.8, 4) is 5.75 Å². The molecule has 1 N–H and O–H groups in total. The van der Waals surface area contributed by atoms with Crippen LogP contribution in [0.4, 0.5) is 0 Å². The topological polar surface area (TPSA) is 77.2 Å². The molecule has 2 aromatic rings. The summed E-state index contributed by atoms with van der Waals surface area (Å²) in [5, 5.41) is 8.69. The Morgan fingerprint density at radius 3 is 2.83 bits per heavy atom. The van der Waals surface area contributed by atoms with Crippen molar-refractivity contribution in [2.75, 3.05) is 6.61 Å². The number of hydrogen-bond acceptors (Lipinski definition) is 4. The van der Waals surface area contributed by atoms with Gasteiger partial charge in [0.2, 0.25) is 0 Å². The van der Waals surface area contributed by atoms with Gasteiger partial charge in [0.25, 0.3) is 0 Å². The summed E-state index contributed by atoms with van der Waals surface area (Å²) in [4.78, 5) is 18.5. The Balaban J connectivity index is 1.87. The summed E-state index contributed by atoms with van der Waals surface area (Å²) in [5.41, 5.74) is 0.00597. The minimum atomic E-state index is -1.05. The summed E-state index contributed by atoms with van der Waals surface area (Å²) < 4.78 is 7.39. The molecule has 0 amide bonds. The van der Waals surface area contributed by atoms with E-state index < -0.39 is 5.97 Å². The van der Waals surface area contributed by atoms with Crippen molar-refractivity contribution in [3.63, 3.8) is 0 Å². The molecule has 94 valence electrons. The molecule has 6 heteroatoms. The van der Waals surface area contributed by atoms with Crippen LogP contribution >= 0.6 is 0 Å². The van der Waals surface area contributed by atoms with Gasteiger partial charge in [-0.05, 0) is 12.1 Å². The number of imidazole rings is 1. The largest absolute Gasteiger partial charge is 0.492 e. The molecule has 18 heavy (non-hydrogen) atoms. The molecule has 0 aromatic carbocycles. The molecular formula is C12H13N3O3. The van der Waals surface area contributed by atoms with E-state index in [4.69, 9.17) is 9.84 Å². The summed E-state index contributed by atoms with van der Waals surface area (Å²) in [7, 11) is 1.92. The molecule has 2 heterocycles. The summed E-state index contributed by atoms with van der Waals surface area (Å²) in [6.07, 6.45) is 5.70. The number of carbonyl (C=O) groups is 1. The lowest BCUT2D eigenvalue weighted by Crippen LogP contribution is -2.07. The number of pyridine rings is 1. The first-order valence-corrected chi connectivity index (χ1v) is 5.45. The minimum absolute atomic E-state index is 0.00597. The van der Waals surface area contributed by atoms with E-state index in [9.17, 15) is 4.79 Å². The highest BCUT2D eigenvalue weighted by atomic mass is 16.5. The van der Waals surface area contributed by atoms with Crippen LogP contribution < -0.4 is 4.74 Å². The molecule has 0 aliphatic rings. The van der Waals surface area contributed by atoms with Crippen LogP contribution in [-0.4, -0.2) is 32.2 Å². The number of hydrogen-bond donors (Lipinski definition) is 1. The lowest BCUT2D eigenvalue weighted by atomic mass is 10.3. The van der Waals surface area contributed by atoms with E-state index in [1.54, 1.807) is 12.3 Å². The minimum Gasteiger partial charge on any atom is -0.492 e. The fraction of sp³-hybridized carbons (Fsp3) is 0.250. The molecule has 0 spiro atoms. The van der Waals surface area contributed by atoms with Crippen LogP contribution in [-0.2, 0) is 13.5 Å². The Morgan fingerprint density at radius 1 is 1.44 bits per heavy atom. The van der Waals surface area contributed by atoms with Crippen LogP contribution in [0.5, 0.6) is 5.75 Å². The van der Waals surface area contributed by atoms with Crippen LogP contribution in [0.15, 0.2) is 30.7 Å². The molecule has 0 aliphatic carbocycles. The zero-order valence-corrected chi connectivity index (χ0v) is 9.91. The quantitative estimate of drug-likeness (QED) is 0.857. The molecule has 0 saturated heterocycles. The van der Waals surface area contributed by atoms with Gasteiger partial charge >= 0.3 is 5.97 Å². The molecule has 2 rings (SSSR count). The van der Waals surface area contributed by atoms with Gasteiger partial charge in [-0.2, -0.15) is 0 Å². The maximum absolute atomic E-state index is 10.6. The highest BCUT2D eigenvalue weighted by Crippen LogP contribution is 2.09. The predicted octanol–water partition coefficient (Wildman–Crippen LogP) is 1.13. The van der Waals surface area contributed by atoms with Crippen LogP contribution in [0.3, 0.4) is 0 Å². The summed E-state index contributed by atoms with van der Waals surface area (Å²) in [6, 6.07) is 3.01. The molecule has 0 saturated carbocycles. The Hall–Kier alpha value is -2.37. The standard InChI is InChI=1S/C12H13N3O3/c1-15-6-5-13-11(15)4-7-18-9-2-3-10(12(16)17)14-8-9/h2-3,5-6,8H,4,7H2,1H3,(H,16,17). The molecule has 0 bridgehead atoms. The van der Waals surface area contributed by atoms with E-state index in [-0.39, 0.29) is 5.69 Å². The fourth-order valence-corrected chi connectivity index (χ4v) is 1.49. The van der Waals surface area contributed by atoms with Crippen molar-refractivity contribution in [2.24, 2.45) is 7.05 Å². The van der Waals surface area contributed by atoms with Crippen LogP contribution in [0.25, 0.3) is 0 Å². The summed E-state index contributed by atoms with van der Waals surface area (Å²) in [6.45, 7) is 0.471. The molecule has 0 aliphatic heterocycles. The first-order chi connectivity index (χ1) is 8.66. The van der Waals surface area contributed by atoms with Crippen molar-refractivity contribution in [1.29, 1.82) is 0 Å². The number of carboxylic acids is 1. The zero-order chi connectivity index (χ0) is 13.0. The maximum Gasteiger partial charge on any atom is 0.354 e. The van der Waals surface area contributed by atoms with Crippen LogP contribution in [0, 0.1) is 0 Å². The third-order valence-electron chi connectivity index (χ3n) is 2.47. The van der Waals surface area contributed by atoms with Crippen molar-refractivity contribution in [2.45, 2.75) is 6.42 Å². The Bertz CT molecular complexity index is 534. The molecule has 0 unspecified atom stereocenters. The van der Waals surface area contributed by atoms with Crippen molar-refractivity contribution in [1.82, 2.24) is 14.5 Å². The second kappa shape index (κ2) is 5.31. The summed E-state index contributed by atoms with van der Waals surface area (Å²) in [5.74, 6) is 0.439. The van der Waals surface area contributed by atoms with Crippen molar-refractivity contribution < 1.29 is 14.6 Å². The number of rotatable bonds is 5. The second-order valence-corrected chi connectivity index (χ2v) is 3.74. The van der Waals surface area contributed by atoms with Crippen molar-refractivity contribution >= 4 is 5.97 Å². The molecule has 6 nitrogen and oxygen atoms in total. The normalized spacial score (nSPS) is 10.3. The monoisotopic (exact) mass is 247 g/mol. The molecule has 2 aromatic heterocycles. The summed E-state index contributed by atoms with van der Waals surface area (Å²) >= 11 is 0. The lowest BCUT2D eigenvalue weighted by Gasteiger charge is -2.05. The highest BCUT2D eigenvalue weighted by molar-refractivity contribution is 5.85. The number of ether oxygens (including phenoxy) is 1. The smallest absolute Gasteiger partial charge is 0.354 e. The van der Waals surface area contributed by atoms with Gasteiger partial charge in [0.05, 0.1) is 12.8 Å². The third kappa shape index (κ3) is 2.85. The first kappa shape index (κ1) is 12.1. The van der Waals surface area contributed by atoms with E-state index in [0.29, 0.717) is 18.8 Å². The van der Waals surface area contributed by atoms with Crippen molar-refractivity contribution in [3.05, 3.63) is 42.2 Å². The highest BCUT2D eigenvalue weighted by Gasteiger charge is 2.04. The zero-order valence-electron chi connectivity index (χ0n) is 9.91. The van der Waals surface area contributed by atoms with Gasteiger partial charge in [-0.1, -0.05) is 0 Å². The fourth-order valence-electron chi connectivity index (χ4n) is 1.49. The molecule has 0 atom stereocenters. The van der Waals surface area contributed by atoms with E-state index in [1.807, 2.05) is 17.8 Å². The maximum atomic E-state index is 10.6. The first-order valence-electron chi connectivity index (χ1n) is 5.45. The van der Waals surface area contributed by atoms with Gasteiger partial charge in [-0.3, -0.25) is 0 Å². The number of carboxylic acid groups (broad SMARTS) is 1. The van der Waals surface area contributed by atoms with E-state index in [1.165, 1.54) is 12.3 Å². The van der Waals surface area contributed by atoms with Crippen LogP contribution in [0.2, 0.25) is 0 Å². The van der Waals surface area contributed by atoms with Gasteiger partial charge in [-0.15, -0.1) is 0 Å². The number of aryl methyl sites for hydroxylation is 1. The van der Waals surface area contributed by atoms with Gasteiger partial charge in [0.15, 0.2) is 0 Å². The number of nitrogens with zero attached hydrogens (tertiary/aromatic N) is 3. The van der Waals surface area contributed by atoms with Gasteiger partial charge in [0, 0.05) is 25.9 Å². The number of aromatic carboxylic acids is 1. The van der Waals surface area contributed by atoms with Gasteiger partial charge < -0.3 is 14.4 Å². The van der Waals surface area contributed by atoms with E-state index >= 15 is 0 Å². The molecule has 0 radical (unpaired) electrons. The number of aromatic nitrogens is 3. The Kier molecular flexibility index (Phi) is 3.57. The Morgan fingerprint density at radius 2 is 2.28 bits per heavy atom. The average molecular weight is 247 g/mol. The lowest BCUT2D eigenvalue weighted by molar-refractivity contribution is 0.0690. The van der Waals surface area contributed by atoms with E-state index in [0.717, 1.165) is 5.82 Å². The third-order valence-corrected chi connectivity index (χ3v) is 2.47. The van der Waals surface area contributed by atoms with E-state index in [2.05, 4.69) is 9.97 Å².